The number of rotatable bonds is 1. The summed E-state index contributed by atoms with van der Waals surface area (Å²) in [6.45, 7) is 0. The zero-order chi connectivity index (χ0) is 12.2. The molecule has 2 bridgehead atoms. The van der Waals surface area contributed by atoms with Crippen LogP contribution in [0.3, 0.4) is 0 Å². The predicted molar refractivity (Wildman–Crippen MR) is 71.7 cm³/mol. The molecule has 1 heteroatoms. The van der Waals surface area contributed by atoms with Crippen molar-refractivity contribution in [3.63, 3.8) is 0 Å². The molecule has 5 rings (SSSR count). The van der Waals surface area contributed by atoms with Gasteiger partial charge in [0, 0.05) is 13.0 Å². The molecule has 0 aromatic heterocycles. The smallest absolute Gasteiger partial charge is 0.137 e. The van der Waals surface area contributed by atoms with E-state index in [4.69, 9.17) is 4.74 Å². The molecule has 1 nitrogen and oxygen atoms in total. The Bertz CT molecular complexity index is 607. The van der Waals surface area contributed by atoms with Gasteiger partial charge in [0.15, 0.2) is 0 Å². The maximum absolute atomic E-state index is 5.93. The van der Waals surface area contributed by atoms with Crippen LogP contribution in [0.1, 0.15) is 28.2 Å². The lowest BCUT2D eigenvalue weighted by Crippen LogP contribution is -2.37. The van der Waals surface area contributed by atoms with E-state index >= 15 is 0 Å². The Hall–Kier alpha value is -1.86. The summed E-state index contributed by atoms with van der Waals surface area (Å²) in [6, 6.07) is 17.2. The van der Waals surface area contributed by atoms with Crippen molar-refractivity contribution in [3.8, 4) is 0 Å². The molecule has 0 saturated carbocycles. The number of ether oxygens (including phenoxy) is 1. The van der Waals surface area contributed by atoms with E-state index in [0.717, 1.165) is 0 Å². The van der Waals surface area contributed by atoms with Crippen LogP contribution >= 0.6 is 0 Å². The molecule has 0 N–H and O–H groups in total. The van der Waals surface area contributed by atoms with Crippen LogP contribution in [0.2, 0.25) is 0 Å². The predicted octanol–water partition coefficient (Wildman–Crippen LogP) is 3.59. The van der Waals surface area contributed by atoms with Gasteiger partial charge >= 0.3 is 0 Å². The van der Waals surface area contributed by atoms with Crippen molar-refractivity contribution in [3.05, 3.63) is 82.9 Å². The van der Waals surface area contributed by atoms with Crippen molar-refractivity contribution < 1.29 is 4.74 Å². The highest BCUT2D eigenvalue weighted by Crippen LogP contribution is 2.52. The quantitative estimate of drug-likeness (QED) is 0.685. The van der Waals surface area contributed by atoms with Crippen molar-refractivity contribution in [2.24, 2.45) is 0 Å². The molecule has 0 atom stereocenters. The van der Waals surface area contributed by atoms with E-state index in [1.165, 1.54) is 22.3 Å². The van der Waals surface area contributed by atoms with E-state index in [2.05, 4.69) is 60.7 Å². The van der Waals surface area contributed by atoms with Gasteiger partial charge in [0.2, 0.25) is 0 Å². The zero-order valence-corrected chi connectivity index (χ0v) is 10.3. The summed E-state index contributed by atoms with van der Waals surface area (Å²) in [5.41, 5.74) is 4.94. The number of hydrogen-bond acceptors (Lipinski definition) is 1. The molecule has 3 aliphatic carbocycles. The van der Waals surface area contributed by atoms with Gasteiger partial charge in [-0.2, -0.15) is 0 Å². The SMILES string of the molecule is COC12C=CC(c3ccccc31)c1ccccc12. The minimum atomic E-state index is -0.387. The highest BCUT2D eigenvalue weighted by atomic mass is 16.5. The van der Waals surface area contributed by atoms with Crippen LogP contribution in [0.4, 0.5) is 0 Å². The van der Waals surface area contributed by atoms with Gasteiger partial charge in [-0.15, -0.1) is 0 Å². The van der Waals surface area contributed by atoms with E-state index < -0.39 is 0 Å². The Kier molecular flexibility index (Phi) is 1.87. The molecule has 0 amide bonds. The van der Waals surface area contributed by atoms with Crippen molar-refractivity contribution in [2.75, 3.05) is 7.11 Å². The molecule has 88 valence electrons. The van der Waals surface area contributed by atoms with Gasteiger partial charge < -0.3 is 4.74 Å². The second kappa shape index (κ2) is 3.33. The summed E-state index contributed by atoms with van der Waals surface area (Å²) >= 11 is 0. The summed E-state index contributed by atoms with van der Waals surface area (Å²) in [7, 11) is 1.80. The first-order valence-corrected chi connectivity index (χ1v) is 6.30. The van der Waals surface area contributed by atoms with Crippen LogP contribution in [0.25, 0.3) is 0 Å². The molecular formula is C17H14O. The lowest BCUT2D eigenvalue weighted by atomic mass is 9.65. The number of benzene rings is 2. The second-order valence-electron chi connectivity index (χ2n) is 4.95. The summed E-state index contributed by atoms with van der Waals surface area (Å²) in [5.74, 6) is 0.384. The fourth-order valence-corrected chi connectivity index (χ4v) is 3.43. The highest BCUT2D eigenvalue weighted by Gasteiger charge is 2.44. The lowest BCUT2D eigenvalue weighted by molar-refractivity contribution is 0.0581. The summed E-state index contributed by atoms with van der Waals surface area (Å²) in [4.78, 5) is 0. The van der Waals surface area contributed by atoms with E-state index in [9.17, 15) is 0 Å². The van der Waals surface area contributed by atoms with Crippen LogP contribution < -0.4 is 0 Å². The first kappa shape index (κ1) is 10.1. The number of methoxy groups -OCH3 is 1. The summed E-state index contributed by atoms with van der Waals surface area (Å²) < 4.78 is 5.93. The molecule has 0 fully saturated rings. The molecule has 2 aromatic rings. The van der Waals surface area contributed by atoms with Gasteiger partial charge in [-0.1, -0.05) is 54.6 Å². The minimum absolute atomic E-state index is 0.384. The van der Waals surface area contributed by atoms with Crippen molar-refractivity contribution in [1.82, 2.24) is 0 Å². The molecular weight excluding hydrogens is 220 g/mol. The topological polar surface area (TPSA) is 9.23 Å². The molecule has 3 aliphatic rings. The Morgan fingerprint density at radius 3 is 2.00 bits per heavy atom. The third-order valence-electron chi connectivity index (χ3n) is 4.24. The summed E-state index contributed by atoms with van der Waals surface area (Å²) in [5, 5.41) is 0. The maximum Gasteiger partial charge on any atom is 0.137 e. The van der Waals surface area contributed by atoms with Gasteiger partial charge in [0.1, 0.15) is 5.60 Å². The average molecular weight is 234 g/mol. The van der Waals surface area contributed by atoms with Gasteiger partial charge in [0.25, 0.3) is 0 Å². The molecule has 0 saturated heterocycles. The Morgan fingerprint density at radius 2 is 1.44 bits per heavy atom. The van der Waals surface area contributed by atoms with Crippen LogP contribution in [0, 0.1) is 0 Å². The van der Waals surface area contributed by atoms with E-state index in [-0.39, 0.29) is 5.60 Å². The lowest BCUT2D eigenvalue weighted by Gasteiger charge is -2.44. The standard InChI is InChI=1S/C17H14O/c1-18-17-11-10-12(13-6-2-4-8-15(13)17)14-7-3-5-9-16(14)17/h2-12H,1H3. The molecule has 0 aliphatic heterocycles. The largest absolute Gasteiger partial charge is 0.365 e. The van der Waals surface area contributed by atoms with Crippen LogP contribution in [0.5, 0.6) is 0 Å². The van der Waals surface area contributed by atoms with E-state index in [1.807, 2.05) is 0 Å². The molecule has 0 radical (unpaired) electrons. The average Bonchev–Trinajstić information content (AvgIpc) is 2.48. The minimum Gasteiger partial charge on any atom is -0.365 e. The van der Waals surface area contributed by atoms with Gasteiger partial charge in [0.05, 0.1) is 0 Å². The Labute approximate surface area is 107 Å². The molecule has 0 spiro atoms. The van der Waals surface area contributed by atoms with E-state index in [0.29, 0.717) is 5.92 Å². The molecule has 18 heavy (non-hydrogen) atoms. The normalized spacial score (nSPS) is 26.8. The van der Waals surface area contributed by atoms with Crippen molar-refractivity contribution in [1.29, 1.82) is 0 Å². The van der Waals surface area contributed by atoms with Gasteiger partial charge in [-0.25, -0.2) is 0 Å². The fraction of sp³-hybridized carbons (Fsp3) is 0.176. The monoisotopic (exact) mass is 234 g/mol. The van der Waals surface area contributed by atoms with E-state index in [1.54, 1.807) is 7.11 Å². The third-order valence-corrected chi connectivity index (χ3v) is 4.24. The van der Waals surface area contributed by atoms with Crippen LogP contribution in [0.15, 0.2) is 60.7 Å². The molecule has 0 heterocycles. The van der Waals surface area contributed by atoms with Gasteiger partial charge in [-0.05, 0) is 28.3 Å². The maximum atomic E-state index is 5.93. The zero-order valence-electron chi connectivity index (χ0n) is 10.3. The fourth-order valence-electron chi connectivity index (χ4n) is 3.43. The Morgan fingerprint density at radius 1 is 0.889 bits per heavy atom. The van der Waals surface area contributed by atoms with Gasteiger partial charge in [-0.3, -0.25) is 0 Å². The number of hydrogen-bond donors (Lipinski definition) is 0. The number of allylic oxidation sites excluding steroid dienone is 1. The van der Waals surface area contributed by atoms with Crippen LogP contribution in [-0.2, 0) is 10.3 Å². The Balaban J connectivity index is 2.12. The summed E-state index contributed by atoms with van der Waals surface area (Å²) in [6.07, 6.45) is 4.48. The van der Waals surface area contributed by atoms with Crippen LogP contribution in [-0.4, -0.2) is 7.11 Å². The first-order valence-electron chi connectivity index (χ1n) is 6.30. The van der Waals surface area contributed by atoms with Crippen molar-refractivity contribution in [2.45, 2.75) is 11.5 Å². The first-order chi connectivity index (χ1) is 8.87. The molecule has 0 unspecified atom stereocenters. The molecule has 2 aromatic carbocycles. The van der Waals surface area contributed by atoms with Crippen molar-refractivity contribution >= 4 is 0 Å². The highest BCUT2D eigenvalue weighted by molar-refractivity contribution is 5.62. The third kappa shape index (κ3) is 1.01. The second-order valence-corrected chi connectivity index (χ2v) is 4.95.